The number of rotatable bonds is 3. The molecule has 0 unspecified atom stereocenters. The van der Waals surface area contributed by atoms with Crippen LogP contribution in [0.4, 0.5) is 11.4 Å². The highest BCUT2D eigenvalue weighted by atomic mass is 16.6. The molecule has 1 saturated heterocycles. The van der Waals surface area contributed by atoms with E-state index in [1.165, 1.54) is 6.42 Å². The molecule has 0 amide bonds. The van der Waals surface area contributed by atoms with E-state index < -0.39 is 0 Å². The van der Waals surface area contributed by atoms with Crippen molar-refractivity contribution in [2.24, 2.45) is 0 Å². The van der Waals surface area contributed by atoms with E-state index in [0.717, 1.165) is 55.4 Å². The molecule has 1 aliphatic carbocycles. The summed E-state index contributed by atoms with van der Waals surface area (Å²) in [5, 5.41) is 16.7. The van der Waals surface area contributed by atoms with E-state index in [0.29, 0.717) is 6.04 Å². The third-order valence-electron chi connectivity index (χ3n) is 4.48. The summed E-state index contributed by atoms with van der Waals surface area (Å²) in [6, 6.07) is 4.15. The van der Waals surface area contributed by atoms with Gasteiger partial charge in [-0.2, -0.15) is 5.10 Å². The Labute approximate surface area is 122 Å². The molecule has 21 heavy (non-hydrogen) atoms. The lowest BCUT2D eigenvalue weighted by atomic mass is 10.1. The van der Waals surface area contributed by atoms with Gasteiger partial charge in [0.2, 0.25) is 0 Å². The van der Waals surface area contributed by atoms with Crippen molar-refractivity contribution >= 4 is 22.3 Å². The van der Waals surface area contributed by atoms with Crippen LogP contribution < -0.4 is 4.90 Å². The van der Waals surface area contributed by atoms with Crippen LogP contribution >= 0.6 is 0 Å². The lowest BCUT2D eigenvalue weighted by molar-refractivity contribution is -0.384. The maximum Gasteiger partial charge on any atom is 0.293 e. The van der Waals surface area contributed by atoms with Gasteiger partial charge < -0.3 is 4.90 Å². The maximum atomic E-state index is 11.4. The average molecular weight is 286 g/mol. The van der Waals surface area contributed by atoms with Gasteiger partial charge >= 0.3 is 0 Å². The minimum absolute atomic E-state index is 0.208. The summed E-state index contributed by atoms with van der Waals surface area (Å²) < 4.78 is 2.03. The molecule has 2 heterocycles. The van der Waals surface area contributed by atoms with Crippen molar-refractivity contribution < 1.29 is 4.92 Å². The fraction of sp³-hybridized carbons (Fsp3) is 0.533. The van der Waals surface area contributed by atoms with Crippen LogP contribution in [0.2, 0.25) is 0 Å². The SMILES string of the molecule is O=[N+]([O-])c1cc2cnn(C3CC3)c2cc1N1CCCCC1. The molecule has 1 saturated carbocycles. The van der Waals surface area contributed by atoms with Gasteiger partial charge in [0.05, 0.1) is 22.7 Å². The third kappa shape index (κ3) is 2.14. The number of benzene rings is 1. The Hall–Kier alpha value is -2.11. The molecular weight excluding hydrogens is 268 g/mol. The number of hydrogen-bond donors (Lipinski definition) is 0. The van der Waals surface area contributed by atoms with E-state index in [2.05, 4.69) is 10.00 Å². The smallest absolute Gasteiger partial charge is 0.293 e. The molecule has 0 atom stereocenters. The molecule has 2 fully saturated rings. The van der Waals surface area contributed by atoms with Gasteiger partial charge in [0.25, 0.3) is 5.69 Å². The van der Waals surface area contributed by atoms with Gasteiger partial charge in [-0.15, -0.1) is 0 Å². The predicted octanol–water partition coefficient (Wildman–Crippen LogP) is 3.27. The molecular formula is C15H18N4O2. The molecule has 0 spiro atoms. The summed E-state index contributed by atoms with van der Waals surface area (Å²) in [7, 11) is 0. The van der Waals surface area contributed by atoms with E-state index >= 15 is 0 Å². The molecule has 1 aromatic heterocycles. The number of anilines is 1. The second-order valence-electron chi connectivity index (χ2n) is 6.02. The number of piperidine rings is 1. The lowest BCUT2D eigenvalue weighted by Crippen LogP contribution is -2.30. The topological polar surface area (TPSA) is 64.2 Å². The fourth-order valence-electron chi connectivity index (χ4n) is 3.21. The fourth-order valence-corrected chi connectivity index (χ4v) is 3.21. The summed E-state index contributed by atoms with van der Waals surface area (Å²) in [4.78, 5) is 13.3. The van der Waals surface area contributed by atoms with Gasteiger partial charge in [0, 0.05) is 24.5 Å². The van der Waals surface area contributed by atoms with E-state index in [9.17, 15) is 10.1 Å². The van der Waals surface area contributed by atoms with E-state index in [-0.39, 0.29) is 10.6 Å². The zero-order valence-electron chi connectivity index (χ0n) is 11.9. The van der Waals surface area contributed by atoms with Crippen LogP contribution in [0.5, 0.6) is 0 Å². The van der Waals surface area contributed by atoms with Gasteiger partial charge in [-0.25, -0.2) is 0 Å². The van der Waals surface area contributed by atoms with E-state index in [1.54, 1.807) is 12.3 Å². The van der Waals surface area contributed by atoms with Crippen molar-refractivity contribution in [1.82, 2.24) is 9.78 Å². The molecule has 0 radical (unpaired) electrons. The molecule has 0 N–H and O–H groups in total. The quantitative estimate of drug-likeness (QED) is 0.641. The van der Waals surface area contributed by atoms with Crippen LogP contribution in [-0.2, 0) is 0 Å². The lowest BCUT2D eigenvalue weighted by Gasteiger charge is -2.28. The average Bonchev–Trinajstić information content (AvgIpc) is 3.26. The van der Waals surface area contributed by atoms with Crippen molar-refractivity contribution in [1.29, 1.82) is 0 Å². The van der Waals surface area contributed by atoms with Crippen LogP contribution in [-0.4, -0.2) is 27.8 Å². The van der Waals surface area contributed by atoms with Crippen LogP contribution in [0.15, 0.2) is 18.3 Å². The molecule has 110 valence electrons. The Morgan fingerprint density at radius 3 is 2.62 bits per heavy atom. The van der Waals surface area contributed by atoms with Crippen molar-refractivity contribution in [3.63, 3.8) is 0 Å². The Kier molecular flexibility index (Phi) is 2.83. The molecule has 6 heteroatoms. The first kappa shape index (κ1) is 12.6. The first-order chi connectivity index (χ1) is 10.2. The highest BCUT2D eigenvalue weighted by molar-refractivity contribution is 5.88. The summed E-state index contributed by atoms with van der Waals surface area (Å²) in [6.45, 7) is 1.81. The highest BCUT2D eigenvalue weighted by Gasteiger charge is 2.28. The molecule has 2 aromatic rings. The van der Waals surface area contributed by atoms with Crippen LogP contribution in [0.1, 0.15) is 38.1 Å². The van der Waals surface area contributed by atoms with E-state index in [1.807, 2.05) is 10.7 Å². The molecule has 1 aromatic carbocycles. The zero-order chi connectivity index (χ0) is 14.4. The first-order valence-electron chi connectivity index (χ1n) is 7.64. The third-order valence-corrected chi connectivity index (χ3v) is 4.48. The number of nitro benzene ring substituents is 1. The number of hydrogen-bond acceptors (Lipinski definition) is 4. The second kappa shape index (κ2) is 4.72. The Bertz CT molecular complexity index is 699. The second-order valence-corrected chi connectivity index (χ2v) is 6.02. The Morgan fingerprint density at radius 1 is 1.19 bits per heavy atom. The normalized spacial score (nSPS) is 19.1. The Morgan fingerprint density at radius 2 is 1.95 bits per heavy atom. The number of fused-ring (bicyclic) bond motifs is 1. The molecule has 4 rings (SSSR count). The molecule has 6 nitrogen and oxygen atoms in total. The van der Waals surface area contributed by atoms with E-state index in [4.69, 9.17) is 0 Å². The monoisotopic (exact) mass is 286 g/mol. The summed E-state index contributed by atoms with van der Waals surface area (Å²) in [5.41, 5.74) is 2.00. The maximum absolute atomic E-state index is 11.4. The van der Waals surface area contributed by atoms with Crippen molar-refractivity contribution in [2.45, 2.75) is 38.1 Å². The van der Waals surface area contributed by atoms with Gasteiger partial charge in [0.1, 0.15) is 5.69 Å². The molecule has 2 aliphatic rings. The standard InChI is InChI=1S/C15H18N4O2/c20-19(21)15-8-11-10-16-18(12-4-5-12)13(11)9-14(15)17-6-2-1-3-7-17/h8-10,12H,1-7H2. The van der Waals surface area contributed by atoms with Gasteiger partial charge in [0.15, 0.2) is 0 Å². The largest absolute Gasteiger partial charge is 0.366 e. The summed E-state index contributed by atoms with van der Waals surface area (Å²) >= 11 is 0. The van der Waals surface area contributed by atoms with Crippen LogP contribution in [0.25, 0.3) is 10.9 Å². The predicted molar refractivity (Wildman–Crippen MR) is 80.7 cm³/mol. The minimum atomic E-state index is -0.266. The summed E-state index contributed by atoms with van der Waals surface area (Å²) in [6.07, 6.45) is 7.50. The van der Waals surface area contributed by atoms with Gasteiger partial charge in [-0.1, -0.05) is 0 Å². The minimum Gasteiger partial charge on any atom is -0.366 e. The van der Waals surface area contributed by atoms with Crippen LogP contribution in [0, 0.1) is 10.1 Å². The zero-order valence-corrected chi connectivity index (χ0v) is 11.9. The van der Waals surface area contributed by atoms with Crippen molar-refractivity contribution in [3.8, 4) is 0 Å². The number of nitrogens with zero attached hydrogens (tertiary/aromatic N) is 4. The Balaban J connectivity index is 1.86. The van der Waals surface area contributed by atoms with Crippen molar-refractivity contribution in [3.05, 3.63) is 28.4 Å². The first-order valence-corrected chi connectivity index (χ1v) is 7.64. The number of aromatic nitrogens is 2. The van der Waals surface area contributed by atoms with Crippen LogP contribution in [0.3, 0.4) is 0 Å². The van der Waals surface area contributed by atoms with Gasteiger partial charge in [-0.05, 0) is 38.2 Å². The molecule has 0 bridgehead atoms. The van der Waals surface area contributed by atoms with Gasteiger partial charge in [-0.3, -0.25) is 14.8 Å². The summed E-state index contributed by atoms with van der Waals surface area (Å²) in [5.74, 6) is 0. The number of nitro groups is 1. The highest BCUT2D eigenvalue weighted by Crippen LogP contribution is 2.40. The van der Waals surface area contributed by atoms with Crippen molar-refractivity contribution in [2.75, 3.05) is 18.0 Å². The molecule has 1 aliphatic heterocycles.